The molecule has 0 radical (unpaired) electrons. The summed E-state index contributed by atoms with van der Waals surface area (Å²) in [5, 5.41) is 6.18. The number of carbonyl (C=O) groups is 2. The van der Waals surface area contributed by atoms with E-state index in [0.29, 0.717) is 34.9 Å². The van der Waals surface area contributed by atoms with Gasteiger partial charge in [0.05, 0.1) is 24.6 Å². The van der Waals surface area contributed by atoms with Crippen LogP contribution in [0.1, 0.15) is 40.5 Å². The Morgan fingerprint density at radius 1 is 1.23 bits per heavy atom. The second-order valence-electron chi connectivity index (χ2n) is 7.60. The van der Waals surface area contributed by atoms with Gasteiger partial charge in [-0.2, -0.15) is 0 Å². The highest BCUT2D eigenvalue weighted by Crippen LogP contribution is 2.24. The van der Waals surface area contributed by atoms with Gasteiger partial charge in [-0.15, -0.1) is 0 Å². The van der Waals surface area contributed by atoms with Crippen LogP contribution < -0.4 is 20.3 Å². The monoisotopic (exact) mass is 425 g/mol. The van der Waals surface area contributed by atoms with Crippen molar-refractivity contribution in [2.45, 2.75) is 19.8 Å². The topological polar surface area (TPSA) is 86.8 Å². The minimum atomic E-state index is -0.267. The molecule has 0 saturated carbocycles. The highest BCUT2D eigenvalue weighted by molar-refractivity contribution is 6.06. The lowest BCUT2D eigenvalue weighted by Crippen LogP contribution is -2.45. The number of nitrogens with one attached hydrogen (secondary N) is 2. The number of piperazine rings is 1. The van der Waals surface area contributed by atoms with Gasteiger partial charge < -0.3 is 25.2 Å². The van der Waals surface area contributed by atoms with Crippen molar-refractivity contribution in [2.24, 2.45) is 0 Å². The van der Waals surface area contributed by atoms with Crippen LogP contribution >= 0.6 is 0 Å². The first-order valence-corrected chi connectivity index (χ1v) is 10.7. The van der Waals surface area contributed by atoms with E-state index in [4.69, 9.17) is 4.74 Å². The average Bonchev–Trinajstić information content (AvgIpc) is 2.82. The third kappa shape index (κ3) is 5.73. The highest BCUT2D eigenvalue weighted by atomic mass is 16.5. The summed E-state index contributed by atoms with van der Waals surface area (Å²) in [6, 6.07) is 8.59. The number of ether oxygens (including phenoxy) is 1. The Balaban J connectivity index is 1.85. The van der Waals surface area contributed by atoms with Crippen LogP contribution in [-0.4, -0.2) is 68.6 Å². The van der Waals surface area contributed by atoms with Crippen molar-refractivity contribution in [1.82, 2.24) is 15.2 Å². The fourth-order valence-electron chi connectivity index (χ4n) is 3.46. The maximum atomic E-state index is 13.2. The second-order valence-corrected chi connectivity index (χ2v) is 7.60. The Morgan fingerprint density at radius 2 is 1.94 bits per heavy atom. The molecular weight excluding hydrogens is 394 g/mol. The van der Waals surface area contributed by atoms with Crippen LogP contribution in [0.5, 0.6) is 5.75 Å². The second kappa shape index (κ2) is 10.8. The summed E-state index contributed by atoms with van der Waals surface area (Å²) < 4.78 is 5.14. The molecule has 1 aliphatic rings. The average molecular weight is 426 g/mol. The number of nitrogens with zero attached hydrogens (tertiary/aromatic N) is 3. The third-order valence-corrected chi connectivity index (χ3v) is 5.32. The van der Waals surface area contributed by atoms with Crippen molar-refractivity contribution in [3.63, 3.8) is 0 Å². The van der Waals surface area contributed by atoms with Gasteiger partial charge in [-0.25, -0.2) is 4.98 Å². The van der Waals surface area contributed by atoms with Crippen molar-refractivity contribution in [3.05, 3.63) is 47.7 Å². The first-order chi connectivity index (χ1) is 15.0. The smallest absolute Gasteiger partial charge is 0.257 e. The van der Waals surface area contributed by atoms with Crippen LogP contribution in [0.2, 0.25) is 0 Å². The zero-order valence-electron chi connectivity index (χ0n) is 18.5. The molecule has 8 heteroatoms. The molecule has 2 amide bonds. The molecule has 2 N–H and O–H groups in total. The molecule has 3 rings (SSSR count). The molecule has 1 aromatic carbocycles. The number of hydrogen-bond donors (Lipinski definition) is 2. The zero-order valence-corrected chi connectivity index (χ0v) is 18.5. The van der Waals surface area contributed by atoms with Crippen LogP contribution in [0.4, 0.5) is 11.5 Å². The number of rotatable bonds is 8. The Bertz CT molecular complexity index is 895. The third-order valence-electron chi connectivity index (χ3n) is 5.32. The molecule has 2 aromatic rings. The van der Waals surface area contributed by atoms with E-state index < -0.39 is 0 Å². The molecular formula is C23H31N5O3. The Hall–Kier alpha value is -3.13. The summed E-state index contributed by atoms with van der Waals surface area (Å²) in [4.78, 5) is 34.3. The van der Waals surface area contributed by atoms with E-state index in [0.717, 1.165) is 39.0 Å². The molecule has 0 aliphatic carbocycles. The standard InChI is InChI=1S/C23H31N5O3/c1-4-5-12-27(2)23(30)20-15-18(16-25-21(20)28-13-10-24-11-14-28)26-22(29)17-6-8-19(31-3)9-7-17/h6-9,15-16,24H,4-5,10-14H2,1-3H3,(H,26,29). The fraction of sp³-hybridized carbons (Fsp3) is 0.435. The minimum absolute atomic E-state index is 0.0879. The van der Waals surface area contributed by atoms with E-state index in [9.17, 15) is 9.59 Å². The number of anilines is 2. The van der Waals surface area contributed by atoms with Gasteiger partial charge in [-0.3, -0.25) is 9.59 Å². The summed E-state index contributed by atoms with van der Waals surface area (Å²) >= 11 is 0. The lowest BCUT2D eigenvalue weighted by atomic mass is 10.1. The number of pyridine rings is 1. The normalized spacial score (nSPS) is 13.6. The maximum absolute atomic E-state index is 13.2. The van der Waals surface area contributed by atoms with Crippen LogP contribution in [0, 0.1) is 0 Å². The van der Waals surface area contributed by atoms with Crippen LogP contribution in [0.25, 0.3) is 0 Å². The van der Waals surface area contributed by atoms with Crippen molar-refractivity contribution >= 4 is 23.3 Å². The maximum Gasteiger partial charge on any atom is 0.257 e. The summed E-state index contributed by atoms with van der Waals surface area (Å²) in [5.41, 5.74) is 1.50. The van der Waals surface area contributed by atoms with Gasteiger partial charge in [-0.05, 0) is 36.8 Å². The van der Waals surface area contributed by atoms with Gasteiger partial charge >= 0.3 is 0 Å². The zero-order chi connectivity index (χ0) is 22.2. The highest BCUT2D eigenvalue weighted by Gasteiger charge is 2.23. The fourth-order valence-corrected chi connectivity index (χ4v) is 3.46. The predicted molar refractivity (Wildman–Crippen MR) is 122 cm³/mol. The van der Waals surface area contributed by atoms with Crippen molar-refractivity contribution in [2.75, 3.05) is 57.1 Å². The number of unbranched alkanes of at least 4 members (excludes halogenated alkanes) is 1. The number of aromatic nitrogens is 1. The van der Waals surface area contributed by atoms with Crippen LogP contribution in [0.3, 0.4) is 0 Å². The van der Waals surface area contributed by atoms with Crippen molar-refractivity contribution in [3.8, 4) is 5.75 Å². The van der Waals surface area contributed by atoms with Gasteiger partial charge in [-0.1, -0.05) is 13.3 Å². The molecule has 0 unspecified atom stereocenters. The van der Waals surface area contributed by atoms with Gasteiger partial charge in [0.15, 0.2) is 0 Å². The molecule has 0 spiro atoms. The van der Waals surface area contributed by atoms with E-state index in [1.165, 1.54) is 0 Å². The largest absolute Gasteiger partial charge is 0.497 e. The number of carbonyl (C=O) groups excluding carboxylic acids is 2. The summed E-state index contributed by atoms with van der Waals surface area (Å²) in [5.74, 6) is 0.992. The molecule has 2 heterocycles. The Kier molecular flexibility index (Phi) is 7.83. The molecule has 1 saturated heterocycles. The number of amides is 2. The molecule has 0 bridgehead atoms. The first kappa shape index (κ1) is 22.6. The van der Waals surface area contributed by atoms with E-state index in [1.807, 2.05) is 7.05 Å². The summed E-state index contributed by atoms with van der Waals surface area (Å²) in [6.45, 7) is 6.03. The SMILES string of the molecule is CCCCN(C)C(=O)c1cc(NC(=O)c2ccc(OC)cc2)cnc1N1CCNCC1. The molecule has 31 heavy (non-hydrogen) atoms. The number of hydrogen-bond acceptors (Lipinski definition) is 6. The quantitative estimate of drug-likeness (QED) is 0.676. The van der Waals surface area contributed by atoms with E-state index in [2.05, 4.69) is 27.4 Å². The lowest BCUT2D eigenvalue weighted by molar-refractivity contribution is 0.0793. The van der Waals surface area contributed by atoms with Crippen LogP contribution in [0.15, 0.2) is 36.5 Å². The molecule has 1 aromatic heterocycles. The Labute approximate surface area is 183 Å². The van der Waals surface area contributed by atoms with Crippen LogP contribution in [-0.2, 0) is 0 Å². The molecule has 8 nitrogen and oxygen atoms in total. The predicted octanol–water partition coefficient (Wildman–Crippen LogP) is 2.62. The van der Waals surface area contributed by atoms with E-state index >= 15 is 0 Å². The number of benzene rings is 1. The van der Waals surface area contributed by atoms with E-state index in [-0.39, 0.29) is 11.8 Å². The van der Waals surface area contributed by atoms with Gasteiger partial charge in [0.2, 0.25) is 0 Å². The summed E-state index contributed by atoms with van der Waals surface area (Å²) in [6.07, 6.45) is 3.56. The van der Waals surface area contributed by atoms with Crippen molar-refractivity contribution in [1.29, 1.82) is 0 Å². The summed E-state index contributed by atoms with van der Waals surface area (Å²) in [7, 11) is 3.39. The molecule has 166 valence electrons. The van der Waals surface area contributed by atoms with Gasteiger partial charge in [0, 0.05) is 45.3 Å². The lowest BCUT2D eigenvalue weighted by Gasteiger charge is -2.30. The van der Waals surface area contributed by atoms with Crippen molar-refractivity contribution < 1.29 is 14.3 Å². The van der Waals surface area contributed by atoms with Gasteiger partial charge in [0.1, 0.15) is 11.6 Å². The Morgan fingerprint density at radius 3 is 2.58 bits per heavy atom. The number of methoxy groups -OCH3 is 1. The first-order valence-electron chi connectivity index (χ1n) is 10.7. The van der Waals surface area contributed by atoms with E-state index in [1.54, 1.807) is 48.5 Å². The molecule has 1 aliphatic heterocycles. The molecule has 1 fully saturated rings. The molecule has 0 atom stereocenters. The van der Waals surface area contributed by atoms with Gasteiger partial charge in [0.25, 0.3) is 11.8 Å². The minimum Gasteiger partial charge on any atom is -0.497 e.